The number of aryl methyl sites for hydroxylation is 2. The van der Waals surface area contributed by atoms with Crippen molar-refractivity contribution in [2.24, 2.45) is 4.99 Å². The lowest BCUT2D eigenvalue weighted by Crippen LogP contribution is -2.00. The Morgan fingerprint density at radius 1 is 1.25 bits per heavy atom. The maximum atomic E-state index is 5.78. The van der Waals surface area contributed by atoms with Gasteiger partial charge in [0.1, 0.15) is 12.2 Å². The summed E-state index contributed by atoms with van der Waals surface area (Å²) >= 11 is 0. The summed E-state index contributed by atoms with van der Waals surface area (Å²) in [5, 5.41) is 1.15. The van der Waals surface area contributed by atoms with E-state index >= 15 is 0 Å². The molecule has 0 unspecified atom stereocenters. The number of hydrogen-bond acceptors (Lipinski definition) is 3. The number of fused-ring (bicyclic) bond motifs is 1. The quantitative estimate of drug-likeness (QED) is 0.733. The number of aliphatic imine (C=N–C) groups is 1. The van der Waals surface area contributed by atoms with Crippen molar-refractivity contribution in [3.63, 3.8) is 0 Å². The van der Waals surface area contributed by atoms with Gasteiger partial charge >= 0.3 is 0 Å². The third kappa shape index (κ3) is 1.32. The van der Waals surface area contributed by atoms with Crippen molar-refractivity contribution in [1.29, 1.82) is 0 Å². The van der Waals surface area contributed by atoms with Crippen LogP contribution in [-0.2, 0) is 4.74 Å². The summed E-state index contributed by atoms with van der Waals surface area (Å²) in [5.41, 5.74) is 3.24. The number of ether oxygens (including phenoxy) is 1. The van der Waals surface area contributed by atoms with Crippen LogP contribution in [0, 0.1) is 13.8 Å². The minimum Gasteiger partial charge on any atom is -0.473 e. The first kappa shape index (κ1) is 9.46. The first-order valence-corrected chi connectivity index (χ1v) is 5.43. The lowest BCUT2D eigenvalue weighted by atomic mass is 10.1. The van der Waals surface area contributed by atoms with Crippen molar-refractivity contribution in [2.45, 2.75) is 13.8 Å². The van der Waals surface area contributed by atoms with Crippen LogP contribution in [0.3, 0.4) is 0 Å². The second-order valence-electron chi connectivity index (χ2n) is 4.09. The number of rotatable bonds is 1. The summed E-state index contributed by atoms with van der Waals surface area (Å²) in [4.78, 5) is 4.29. The Labute approximate surface area is 93.7 Å². The van der Waals surface area contributed by atoms with Crippen molar-refractivity contribution in [2.75, 3.05) is 13.2 Å². The SMILES string of the molecule is Cc1ccc2oc(C3=NCCO3)c(C)c2c1. The van der Waals surface area contributed by atoms with Crippen LogP contribution in [0.25, 0.3) is 11.0 Å². The molecule has 0 atom stereocenters. The van der Waals surface area contributed by atoms with Gasteiger partial charge in [-0.2, -0.15) is 0 Å². The second-order valence-corrected chi connectivity index (χ2v) is 4.09. The third-order valence-electron chi connectivity index (χ3n) is 2.87. The molecule has 0 spiro atoms. The van der Waals surface area contributed by atoms with Crippen molar-refractivity contribution in [3.05, 3.63) is 35.1 Å². The van der Waals surface area contributed by atoms with Crippen LogP contribution in [0.1, 0.15) is 16.9 Å². The molecule has 3 nitrogen and oxygen atoms in total. The van der Waals surface area contributed by atoms with E-state index in [0.717, 1.165) is 28.8 Å². The van der Waals surface area contributed by atoms with E-state index in [1.807, 2.05) is 19.1 Å². The van der Waals surface area contributed by atoms with Gasteiger partial charge in [0, 0.05) is 10.9 Å². The van der Waals surface area contributed by atoms with Crippen molar-refractivity contribution < 1.29 is 9.15 Å². The van der Waals surface area contributed by atoms with Gasteiger partial charge in [-0.25, -0.2) is 4.99 Å². The van der Waals surface area contributed by atoms with E-state index in [2.05, 4.69) is 18.0 Å². The Bertz CT molecular complexity index is 581. The maximum absolute atomic E-state index is 5.78. The molecule has 82 valence electrons. The van der Waals surface area contributed by atoms with E-state index < -0.39 is 0 Å². The third-order valence-corrected chi connectivity index (χ3v) is 2.87. The zero-order valence-corrected chi connectivity index (χ0v) is 9.41. The molecule has 1 aliphatic heterocycles. The van der Waals surface area contributed by atoms with E-state index in [0.29, 0.717) is 12.5 Å². The molecule has 0 saturated heterocycles. The summed E-state index contributed by atoms with van der Waals surface area (Å²) in [6.45, 7) is 5.51. The van der Waals surface area contributed by atoms with Gasteiger partial charge in [0.25, 0.3) is 5.90 Å². The van der Waals surface area contributed by atoms with Crippen LogP contribution < -0.4 is 0 Å². The first-order valence-electron chi connectivity index (χ1n) is 5.43. The first-order chi connectivity index (χ1) is 7.75. The molecule has 0 N–H and O–H groups in total. The van der Waals surface area contributed by atoms with E-state index in [9.17, 15) is 0 Å². The average Bonchev–Trinajstić information content (AvgIpc) is 2.87. The van der Waals surface area contributed by atoms with Crippen LogP contribution in [0.15, 0.2) is 27.6 Å². The Kier molecular flexibility index (Phi) is 1.99. The molecule has 3 rings (SSSR count). The Morgan fingerprint density at radius 2 is 2.12 bits per heavy atom. The molecule has 16 heavy (non-hydrogen) atoms. The molecule has 0 bridgehead atoms. The Balaban J connectivity index is 2.23. The Hall–Kier alpha value is -1.77. The van der Waals surface area contributed by atoms with E-state index in [1.54, 1.807) is 0 Å². The smallest absolute Gasteiger partial charge is 0.253 e. The molecular weight excluding hydrogens is 202 g/mol. The monoisotopic (exact) mass is 215 g/mol. The van der Waals surface area contributed by atoms with E-state index in [1.165, 1.54) is 5.56 Å². The summed E-state index contributed by atoms with van der Waals surface area (Å²) in [5.74, 6) is 1.42. The van der Waals surface area contributed by atoms with Crippen LogP contribution in [0.2, 0.25) is 0 Å². The molecule has 1 aliphatic rings. The molecule has 1 aromatic carbocycles. The predicted molar refractivity (Wildman–Crippen MR) is 63.0 cm³/mol. The normalized spacial score (nSPS) is 15.2. The molecule has 0 fully saturated rings. The summed E-state index contributed by atoms with van der Waals surface area (Å²) in [6.07, 6.45) is 0. The topological polar surface area (TPSA) is 34.7 Å². The molecule has 0 saturated carbocycles. The molecule has 1 aromatic heterocycles. The standard InChI is InChI=1S/C13H13NO2/c1-8-3-4-11-10(7-8)9(2)12(16-11)13-14-5-6-15-13/h3-4,7H,5-6H2,1-2H3. The van der Waals surface area contributed by atoms with Gasteiger partial charge in [-0.15, -0.1) is 0 Å². The zero-order chi connectivity index (χ0) is 11.1. The molecule has 0 amide bonds. The number of hydrogen-bond donors (Lipinski definition) is 0. The summed E-state index contributed by atoms with van der Waals surface area (Å²) < 4.78 is 11.2. The number of furan rings is 1. The second kappa shape index (κ2) is 3.37. The molecule has 3 heteroatoms. The molecule has 0 radical (unpaired) electrons. The van der Waals surface area contributed by atoms with Gasteiger partial charge in [-0.3, -0.25) is 0 Å². The predicted octanol–water partition coefficient (Wildman–Crippen LogP) is 2.83. The highest BCUT2D eigenvalue weighted by atomic mass is 16.5. The van der Waals surface area contributed by atoms with E-state index in [4.69, 9.17) is 9.15 Å². The van der Waals surface area contributed by atoms with Gasteiger partial charge in [-0.1, -0.05) is 11.6 Å². The van der Waals surface area contributed by atoms with E-state index in [-0.39, 0.29) is 0 Å². The fourth-order valence-electron chi connectivity index (χ4n) is 2.01. The van der Waals surface area contributed by atoms with Gasteiger partial charge in [-0.05, 0) is 26.0 Å². The van der Waals surface area contributed by atoms with Crippen molar-refractivity contribution >= 4 is 16.9 Å². The summed E-state index contributed by atoms with van der Waals surface area (Å²) in [7, 11) is 0. The average molecular weight is 215 g/mol. The fraction of sp³-hybridized carbons (Fsp3) is 0.308. The highest BCUT2D eigenvalue weighted by Gasteiger charge is 2.19. The maximum Gasteiger partial charge on any atom is 0.253 e. The van der Waals surface area contributed by atoms with Gasteiger partial charge < -0.3 is 9.15 Å². The minimum atomic E-state index is 0.645. The van der Waals surface area contributed by atoms with Gasteiger partial charge in [0.15, 0.2) is 5.76 Å². The summed E-state index contributed by atoms with van der Waals surface area (Å²) in [6, 6.07) is 6.18. The molecule has 2 aromatic rings. The van der Waals surface area contributed by atoms with Gasteiger partial charge in [0.05, 0.1) is 6.54 Å². The highest BCUT2D eigenvalue weighted by Crippen LogP contribution is 2.27. The Morgan fingerprint density at radius 3 is 2.88 bits per heavy atom. The lowest BCUT2D eigenvalue weighted by Gasteiger charge is -1.97. The number of nitrogens with zero attached hydrogens (tertiary/aromatic N) is 1. The number of benzene rings is 1. The molecule has 2 heterocycles. The van der Waals surface area contributed by atoms with Crippen molar-refractivity contribution in [1.82, 2.24) is 0 Å². The van der Waals surface area contributed by atoms with Crippen LogP contribution in [0.5, 0.6) is 0 Å². The lowest BCUT2D eigenvalue weighted by molar-refractivity contribution is 0.340. The van der Waals surface area contributed by atoms with Crippen LogP contribution in [0.4, 0.5) is 0 Å². The van der Waals surface area contributed by atoms with Crippen LogP contribution >= 0.6 is 0 Å². The van der Waals surface area contributed by atoms with Crippen molar-refractivity contribution in [3.8, 4) is 0 Å². The fourth-order valence-corrected chi connectivity index (χ4v) is 2.01. The van der Waals surface area contributed by atoms with Crippen LogP contribution in [-0.4, -0.2) is 19.0 Å². The highest BCUT2D eigenvalue weighted by molar-refractivity contribution is 5.99. The minimum absolute atomic E-state index is 0.645. The molecule has 0 aliphatic carbocycles. The molecular formula is C13H13NO2. The largest absolute Gasteiger partial charge is 0.473 e. The van der Waals surface area contributed by atoms with Gasteiger partial charge in [0.2, 0.25) is 0 Å². The zero-order valence-electron chi connectivity index (χ0n) is 9.41.